The van der Waals surface area contributed by atoms with Gasteiger partial charge in [0.2, 0.25) is 0 Å². The Labute approximate surface area is 71.6 Å². The van der Waals surface area contributed by atoms with Gasteiger partial charge in [0, 0.05) is 7.11 Å². The summed E-state index contributed by atoms with van der Waals surface area (Å²) in [5.74, 6) is 4.44. The van der Waals surface area contributed by atoms with Gasteiger partial charge in [0.05, 0.1) is 13.2 Å². The van der Waals surface area contributed by atoms with Crippen molar-refractivity contribution >= 4 is 18.3 Å². The first-order valence-corrected chi connectivity index (χ1v) is 2.87. The first-order valence-electron chi connectivity index (χ1n) is 2.87. The monoisotopic (exact) mass is 184 g/mol. The van der Waals surface area contributed by atoms with Crippen LogP contribution in [0.4, 0.5) is 0 Å². The number of amides is 1. The van der Waals surface area contributed by atoms with Crippen molar-refractivity contribution < 1.29 is 14.3 Å². The number of ether oxygens (including phenoxy) is 2. The average molecular weight is 185 g/mol. The lowest BCUT2D eigenvalue weighted by Gasteiger charge is -2.00. The zero-order valence-corrected chi connectivity index (χ0v) is 7.15. The first-order chi connectivity index (χ1) is 4.81. The third kappa shape index (κ3) is 9.64. The minimum absolute atomic E-state index is 0. The smallest absolute Gasteiger partial charge is 0.259 e. The largest absolute Gasteiger partial charge is 0.382 e. The third-order valence-electron chi connectivity index (χ3n) is 0.826. The summed E-state index contributed by atoms with van der Waals surface area (Å²) < 4.78 is 9.48. The van der Waals surface area contributed by atoms with E-state index in [0.717, 1.165) is 0 Å². The number of hydrogen-bond donors (Lipinski definition) is 2. The standard InChI is InChI=1S/C5H12N2O3.ClH/c1-9-2-3-10-4-5(8)7-6;/h2-4,6H2,1H3,(H,7,8);1H. The zero-order valence-electron chi connectivity index (χ0n) is 6.33. The molecule has 0 fully saturated rings. The molecule has 0 spiro atoms. The molecule has 0 aromatic rings. The zero-order chi connectivity index (χ0) is 7.82. The van der Waals surface area contributed by atoms with E-state index < -0.39 is 0 Å². The van der Waals surface area contributed by atoms with E-state index >= 15 is 0 Å². The van der Waals surface area contributed by atoms with Crippen molar-refractivity contribution in [2.24, 2.45) is 5.84 Å². The van der Waals surface area contributed by atoms with Crippen LogP contribution in [0.25, 0.3) is 0 Å². The molecule has 11 heavy (non-hydrogen) atoms. The molecule has 0 bridgehead atoms. The number of rotatable bonds is 5. The van der Waals surface area contributed by atoms with Crippen LogP contribution in [0, 0.1) is 0 Å². The summed E-state index contributed by atoms with van der Waals surface area (Å²) in [7, 11) is 1.56. The van der Waals surface area contributed by atoms with Crippen molar-refractivity contribution in [1.82, 2.24) is 5.43 Å². The van der Waals surface area contributed by atoms with Crippen LogP contribution in [-0.4, -0.2) is 32.8 Å². The maximum absolute atomic E-state index is 10.4. The fourth-order valence-electron chi connectivity index (χ4n) is 0.349. The fourth-order valence-corrected chi connectivity index (χ4v) is 0.349. The molecule has 0 atom stereocenters. The van der Waals surface area contributed by atoms with E-state index in [1.807, 2.05) is 5.43 Å². The molecule has 0 saturated heterocycles. The number of carbonyl (C=O) groups is 1. The van der Waals surface area contributed by atoms with Gasteiger partial charge in [0.25, 0.3) is 5.91 Å². The Balaban J connectivity index is 0. The number of methoxy groups -OCH3 is 1. The first kappa shape index (κ1) is 13.2. The van der Waals surface area contributed by atoms with Crippen molar-refractivity contribution in [3.63, 3.8) is 0 Å². The van der Waals surface area contributed by atoms with Gasteiger partial charge in [-0.25, -0.2) is 5.84 Å². The van der Waals surface area contributed by atoms with E-state index in [-0.39, 0.29) is 24.9 Å². The van der Waals surface area contributed by atoms with Crippen LogP contribution in [0.1, 0.15) is 0 Å². The summed E-state index contributed by atoms with van der Waals surface area (Å²) >= 11 is 0. The van der Waals surface area contributed by atoms with Crippen LogP contribution in [0.15, 0.2) is 0 Å². The summed E-state index contributed by atoms with van der Waals surface area (Å²) in [6, 6.07) is 0. The molecule has 0 aliphatic rings. The normalized spacial score (nSPS) is 8.55. The fraction of sp³-hybridized carbons (Fsp3) is 0.800. The maximum Gasteiger partial charge on any atom is 0.259 e. The van der Waals surface area contributed by atoms with Gasteiger partial charge in [0.15, 0.2) is 0 Å². The second-order valence-corrected chi connectivity index (χ2v) is 1.61. The second kappa shape index (κ2) is 9.64. The van der Waals surface area contributed by atoms with Gasteiger partial charge in [-0.05, 0) is 0 Å². The molecule has 0 radical (unpaired) electrons. The Kier molecular flexibility index (Phi) is 11.6. The summed E-state index contributed by atoms with van der Waals surface area (Å²) in [5, 5.41) is 0. The molecule has 1 amide bonds. The third-order valence-corrected chi connectivity index (χ3v) is 0.826. The molecule has 0 heterocycles. The predicted molar refractivity (Wildman–Crippen MR) is 42.3 cm³/mol. The summed E-state index contributed by atoms with van der Waals surface area (Å²) in [6.07, 6.45) is 0. The quantitative estimate of drug-likeness (QED) is 0.250. The average Bonchev–Trinajstić information content (AvgIpc) is 1.98. The Morgan fingerprint density at radius 3 is 2.64 bits per heavy atom. The van der Waals surface area contributed by atoms with Gasteiger partial charge < -0.3 is 9.47 Å². The number of hydrogen-bond acceptors (Lipinski definition) is 4. The van der Waals surface area contributed by atoms with E-state index in [2.05, 4.69) is 4.74 Å². The van der Waals surface area contributed by atoms with Crippen LogP contribution < -0.4 is 11.3 Å². The van der Waals surface area contributed by atoms with E-state index in [1.54, 1.807) is 7.11 Å². The van der Waals surface area contributed by atoms with E-state index in [1.165, 1.54) is 0 Å². The molecule has 0 aliphatic heterocycles. The summed E-state index contributed by atoms with van der Waals surface area (Å²) in [5.41, 5.74) is 1.94. The van der Waals surface area contributed by atoms with Crippen molar-refractivity contribution in [2.45, 2.75) is 0 Å². The van der Waals surface area contributed by atoms with Crippen molar-refractivity contribution in [3.8, 4) is 0 Å². The molecule has 0 rings (SSSR count). The molecule has 0 aliphatic carbocycles. The van der Waals surface area contributed by atoms with Crippen LogP contribution in [0.2, 0.25) is 0 Å². The predicted octanol–water partition coefficient (Wildman–Crippen LogP) is -0.939. The Bertz CT molecular complexity index is 102. The number of carbonyl (C=O) groups excluding carboxylic acids is 1. The highest BCUT2D eigenvalue weighted by atomic mass is 35.5. The number of nitrogens with one attached hydrogen (secondary N) is 1. The summed E-state index contributed by atoms with van der Waals surface area (Å²) in [4.78, 5) is 10.4. The molecule has 5 nitrogen and oxygen atoms in total. The van der Waals surface area contributed by atoms with E-state index in [0.29, 0.717) is 13.2 Å². The maximum atomic E-state index is 10.4. The van der Waals surface area contributed by atoms with Crippen LogP contribution >= 0.6 is 12.4 Å². The molecular formula is C5H13ClN2O3. The van der Waals surface area contributed by atoms with Crippen molar-refractivity contribution in [2.75, 3.05) is 26.9 Å². The Morgan fingerprint density at radius 2 is 2.18 bits per heavy atom. The van der Waals surface area contributed by atoms with Crippen LogP contribution in [0.3, 0.4) is 0 Å². The SMILES string of the molecule is COCCOCC(=O)NN.Cl. The number of halogens is 1. The van der Waals surface area contributed by atoms with Crippen molar-refractivity contribution in [3.05, 3.63) is 0 Å². The van der Waals surface area contributed by atoms with Gasteiger partial charge in [-0.15, -0.1) is 12.4 Å². The number of hydrazine groups is 1. The molecule has 0 aromatic carbocycles. The highest BCUT2D eigenvalue weighted by Gasteiger charge is 1.95. The Hall–Kier alpha value is -0.360. The number of nitrogens with two attached hydrogens (primary N) is 1. The lowest BCUT2D eigenvalue weighted by molar-refractivity contribution is -0.126. The summed E-state index contributed by atoms with van der Waals surface area (Å²) in [6.45, 7) is 0.877. The van der Waals surface area contributed by atoms with Crippen molar-refractivity contribution in [1.29, 1.82) is 0 Å². The highest BCUT2D eigenvalue weighted by Crippen LogP contribution is 1.74. The second-order valence-electron chi connectivity index (χ2n) is 1.61. The molecule has 6 heteroatoms. The minimum Gasteiger partial charge on any atom is -0.382 e. The van der Waals surface area contributed by atoms with Gasteiger partial charge in [-0.1, -0.05) is 0 Å². The van der Waals surface area contributed by atoms with Gasteiger partial charge >= 0.3 is 0 Å². The van der Waals surface area contributed by atoms with Gasteiger partial charge in [-0.3, -0.25) is 10.2 Å². The molecular weight excluding hydrogens is 172 g/mol. The minimum atomic E-state index is -0.337. The molecule has 0 unspecified atom stereocenters. The van der Waals surface area contributed by atoms with Gasteiger partial charge in [-0.2, -0.15) is 0 Å². The lowest BCUT2D eigenvalue weighted by Crippen LogP contribution is -2.33. The molecule has 3 N–H and O–H groups in total. The molecule has 68 valence electrons. The Morgan fingerprint density at radius 1 is 1.55 bits per heavy atom. The van der Waals surface area contributed by atoms with Crippen LogP contribution in [-0.2, 0) is 14.3 Å². The molecule has 0 aromatic heterocycles. The topological polar surface area (TPSA) is 73.6 Å². The van der Waals surface area contributed by atoms with E-state index in [4.69, 9.17) is 10.6 Å². The molecule has 0 saturated carbocycles. The van der Waals surface area contributed by atoms with Crippen LogP contribution in [0.5, 0.6) is 0 Å². The highest BCUT2D eigenvalue weighted by molar-refractivity contribution is 5.85. The van der Waals surface area contributed by atoms with E-state index in [9.17, 15) is 4.79 Å². The lowest BCUT2D eigenvalue weighted by atomic mass is 10.6. The van der Waals surface area contributed by atoms with Gasteiger partial charge in [0.1, 0.15) is 6.61 Å².